The third-order valence-electron chi connectivity index (χ3n) is 3.60. The summed E-state index contributed by atoms with van der Waals surface area (Å²) in [6.07, 6.45) is 0. The molecule has 0 aliphatic rings. The van der Waals surface area contributed by atoms with Crippen molar-refractivity contribution in [2.24, 2.45) is 0 Å². The summed E-state index contributed by atoms with van der Waals surface area (Å²) in [5.74, 6) is 1.29. The minimum Gasteiger partial charge on any atom is -0.348 e. The van der Waals surface area contributed by atoms with Gasteiger partial charge in [0.05, 0.1) is 11.0 Å². The van der Waals surface area contributed by atoms with Gasteiger partial charge in [0.2, 0.25) is 0 Å². The fraction of sp³-hybridized carbons (Fsp3) is 0.222. The van der Waals surface area contributed by atoms with E-state index in [2.05, 4.69) is 29.1 Å². The van der Waals surface area contributed by atoms with Gasteiger partial charge in [-0.05, 0) is 29.8 Å². The first-order valence-corrected chi connectivity index (χ1v) is 7.45. The van der Waals surface area contributed by atoms with Crippen LogP contribution in [0.2, 0.25) is 0 Å². The van der Waals surface area contributed by atoms with Crippen LogP contribution in [0, 0.1) is 0 Å². The van der Waals surface area contributed by atoms with Crippen molar-refractivity contribution in [2.75, 3.05) is 0 Å². The summed E-state index contributed by atoms with van der Waals surface area (Å²) < 4.78 is 0. The number of aromatic nitrogens is 2. The summed E-state index contributed by atoms with van der Waals surface area (Å²) >= 11 is 0. The Kier molecular flexibility index (Phi) is 3.92. The minimum absolute atomic E-state index is 0.0619. The molecule has 0 saturated heterocycles. The third kappa shape index (κ3) is 3.01. The zero-order valence-corrected chi connectivity index (χ0v) is 12.8. The highest BCUT2D eigenvalue weighted by Crippen LogP contribution is 2.18. The van der Waals surface area contributed by atoms with Gasteiger partial charge in [-0.15, -0.1) is 0 Å². The molecule has 1 heterocycles. The Morgan fingerprint density at radius 2 is 1.95 bits per heavy atom. The van der Waals surface area contributed by atoms with Gasteiger partial charge in [0.25, 0.3) is 5.91 Å². The van der Waals surface area contributed by atoms with Gasteiger partial charge in [-0.1, -0.05) is 38.1 Å². The number of imidazole rings is 1. The lowest BCUT2D eigenvalue weighted by Gasteiger charge is -2.05. The molecule has 0 unspecified atom stereocenters. The van der Waals surface area contributed by atoms with Crippen LogP contribution in [0.3, 0.4) is 0 Å². The molecule has 0 radical (unpaired) electrons. The highest BCUT2D eigenvalue weighted by atomic mass is 16.1. The van der Waals surface area contributed by atoms with Crippen LogP contribution in [0.25, 0.3) is 11.0 Å². The number of hydrogen-bond acceptors (Lipinski definition) is 2. The summed E-state index contributed by atoms with van der Waals surface area (Å²) in [6.45, 7) is 4.72. The SMILES string of the molecule is CC(C)c1nc2ccc(CNC(=O)c3ccccc3)cc2[nH]1. The maximum absolute atomic E-state index is 12.0. The van der Waals surface area contributed by atoms with E-state index in [1.165, 1.54) is 0 Å². The van der Waals surface area contributed by atoms with E-state index in [4.69, 9.17) is 0 Å². The van der Waals surface area contributed by atoms with Gasteiger partial charge in [-0.3, -0.25) is 4.79 Å². The highest BCUT2D eigenvalue weighted by Gasteiger charge is 2.08. The summed E-state index contributed by atoms with van der Waals surface area (Å²) in [6, 6.07) is 15.3. The first-order chi connectivity index (χ1) is 10.6. The van der Waals surface area contributed by atoms with Gasteiger partial charge in [-0.2, -0.15) is 0 Å². The average Bonchev–Trinajstić information content (AvgIpc) is 2.97. The summed E-state index contributed by atoms with van der Waals surface area (Å²) in [5.41, 5.74) is 3.69. The number of carbonyl (C=O) groups excluding carboxylic acids is 1. The van der Waals surface area contributed by atoms with Crippen LogP contribution in [-0.2, 0) is 6.54 Å². The molecule has 0 aliphatic heterocycles. The molecule has 2 N–H and O–H groups in total. The van der Waals surface area contributed by atoms with Gasteiger partial charge in [-0.25, -0.2) is 4.98 Å². The fourth-order valence-corrected chi connectivity index (χ4v) is 2.33. The number of amides is 1. The number of fused-ring (bicyclic) bond motifs is 1. The number of rotatable bonds is 4. The number of nitrogens with zero attached hydrogens (tertiary/aromatic N) is 1. The van der Waals surface area contributed by atoms with E-state index in [9.17, 15) is 4.79 Å². The van der Waals surface area contributed by atoms with Crippen molar-refractivity contribution in [2.45, 2.75) is 26.3 Å². The van der Waals surface area contributed by atoms with Crippen molar-refractivity contribution in [3.8, 4) is 0 Å². The molecule has 3 rings (SSSR count). The smallest absolute Gasteiger partial charge is 0.251 e. The lowest BCUT2D eigenvalue weighted by Crippen LogP contribution is -2.22. The Bertz CT molecular complexity index is 790. The number of nitrogens with one attached hydrogen (secondary N) is 2. The molecule has 0 saturated carbocycles. The van der Waals surface area contributed by atoms with Crippen molar-refractivity contribution < 1.29 is 4.79 Å². The molecular formula is C18H19N3O. The lowest BCUT2D eigenvalue weighted by molar-refractivity contribution is 0.0951. The van der Waals surface area contributed by atoms with E-state index < -0.39 is 0 Å². The third-order valence-corrected chi connectivity index (χ3v) is 3.60. The number of H-pyrrole nitrogens is 1. The van der Waals surface area contributed by atoms with Crippen LogP contribution in [-0.4, -0.2) is 15.9 Å². The van der Waals surface area contributed by atoms with E-state index in [0.29, 0.717) is 18.0 Å². The van der Waals surface area contributed by atoms with E-state index in [1.807, 2.05) is 48.5 Å². The fourth-order valence-electron chi connectivity index (χ4n) is 2.33. The molecular weight excluding hydrogens is 274 g/mol. The molecule has 0 spiro atoms. The summed E-state index contributed by atoms with van der Waals surface area (Å²) in [5, 5.41) is 2.94. The molecule has 0 aliphatic carbocycles. The Hall–Kier alpha value is -2.62. The molecule has 0 atom stereocenters. The maximum Gasteiger partial charge on any atom is 0.251 e. The van der Waals surface area contributed by atoms with Crippen molar-refractivity contribution >= 4 is 16.9 Å². The maximum atomic E-state index is 12.0. The zero-order valence-electron chi connectivity index (χ0n) is 12.8. The summed E-state index contributed by atoms with van der Waals surface area (Å²) in [4.78, 5) is 19.9. The van der Waals surface area contributed by atoms with Gasteiger partial charge >= 0.3 is 0 Å². The number of hydrogen-bond donors (Lipinski definition) is 2. The Morgan fingerprint density at radius 1 is 1.18 bits per heavy atom. The predicted molar refractivity (Wildman–Crippen MR) is 87.8 cm³/mol. The highest BCUT2D eigenvalue weighted by molar-refractivity contribution is 5.94. The number of aromatic amines is 1. The van der Waals surface area contributed by atoms with Crippen molar-refractivity contribution in [3.63, 3.8) is 0 Å². The van der Waals surface area contributed by atoms with Crippen LogP contribution < -0.4 is 5.32 Å². The van der Waals surface area contributed by atoms with Crippen LogP contribution in [0.1, 0.15) is 41.5 Å². The first kappa shape index (κ1) is 14.3. The molecule has 0 fully saturated rings. The van der Waals surface area contributed by atoms with Gasteiger partial charge in [0.15, 0.2) is 0 Å². The summed E-state index contributed by atoms with van der Waals surface area (Å²) in [7, 11) is 0. The Morgan fingerprint density at radius 3 is 2.68 bits per heavy atom. The molecule has 4 nitrogen and oxygen atoms in total. The molecule has 1 amide bonds. The molecule has 0 bridgehead atoms. The van der Waals surface area contributed by atoms with E-state index in [0.717, 1.165) is 22.4 Å². The van der Waals surface area contributed by atoms with Crippen molar-refractivity contribution in [1.82, 2.24) is 15.3 Å². The average molecular weight is 293 g/mol. The first-order valence-electron chi connectivity index (χ1n) is 7.45. The largest absolute Gasteiger partial charge is 0.348 e. The quantitative estimate of drug-likeness (QED) is 0.772. The van der Waals surface area contributed by atoms with Crippen LogP contribution in [0.4, 0.5) is 0 Å². The predicted octanol–water partition coefficient (Wildman–Crippen LogP) is 3.62. The molecule has 112 valence electrons. The second-order valence-corrected chi connectivity index (χ2v) is 5.68. The van der Waals surface area contributed by atoms with Crippen LogP contribution in [0.15, 0.2) is 48.5 Å². The van der Waals surface area contributed by atoms with Crippen molar-refractivity contribution in [3.05, 3.63) is 65.5 Å². The van der Waals surface area contributed by atoms with E-state index in [1.54, 1.807) is 0 Å². The van der Waals surface area contributed by atoms with Gasteiger partial charge < -0.3 is 10.3 Å². The molecule has 4 heteroatoms. The molecule has 2 aromatic carbocycles. The zero-order chi connectivity index (χ0) is 15.5. The number of benzene rings is 2. The van der Waals surface area contributed by atoms with E-state index >= 15 is 0 Å². The molecule has 22 heavy (non-hydrogen) atoms. The minimum atomic E-state index is -0.0619. The van der Waals surface area contributed by atoms with Crippen LogP contribution >= 0.6 is 0 Å². The lowest BCUT2D eigenvalue weighted by atomic mass is 10.2. The standard InChI is InChI=1S/C18H19N3O/c1-12(2)17-20-15-9-8-13(10-16(15)21-17)11-19-18(22)14-6-4-3-5-7-14/h3-10,12H,11H2,1-2H3,(H,19,22)(H,20,21). The van der Waals surface area contributed by atoms with Crippen LogP contribution in [0.5, 0.6) is 0 Å². The second kappa shape index (κ2) is 6.02. The molecule has 3 aromatic rings. The number of carbonyl (C=O) groups is 1. The Balaban J connectivity index is 1.73. The Labute approximate surface area is 129 Å². The van der Waals surface area contributed by atoms with E-state index in [-0.39, 0.29) is 5.91 Å². The second-order valence-electron chi connectivity index (χ2n) is 5.68. The topological polar surface area (TPSA) is 57.8 Å². The normalized spacial score (nSPS) is 11.0. The molecule has 1 aromatic heterocycles. The van der Waals surface area contributed by atoms with Gasteiger partial charge in [0.1, 0.15) is 5.82 Å². The van der Waals surface area contributed by atoms with Gasteiger partial charge in [0, 0.05) is 18.0 Å². The van der Waals surface area contributed by atoms with Crippen molar-refractivity contribution in [1.29, 1.82) is 0 Å². The monoisotopic (exact) mass is 293 g/mol.